The predicted octanol–water partition coefficient (Wildman–Crippen LogP) is 3.55. The molecule has 0 atom stereocenters. The summed E-state index contributed by atoms with van der Waals surface area (Å²) in [7, 11) is 0. The molecule has 1 saturated carbocycles. The van der Waals surface area contributed by atoms with Gasteiger partial charge in [-0.15, -0.1) is 0 Å². The summed E-state index contributed by atoms with van der Waals surface area (Å²) in [5.41, 5.74) is 5.80. The molecule has 2 N–H and O–H groups in total. The molecule has 2 aromatic rings. The maximum Gasteiger partial charge on any atom is 0.415 e. The van der Waals surface area contributed by atoms with E-state index in [4.69, 9.17) is 10.5 Å². The van der Waals surface area contributed by atoms with E-state index in [0.29, 0.717) is 38.0 Å². The number of ether oxygens (including phenoxy) is 1. The van der Waals surface area contributed by atoms with Crippen molar-refractivity contribution in [3.05, 3.63) is 42.0 Å². The molecule has 0 unspecified atom stereocenters. The summed E-state index contributed by atoms with van der Waals surface area (Å²) >= 11 is 0. The van der Waals surface area contributed by atoms with Crippen LogP contribution in [0.15, 0.2) is 36.4 Å². The van der Waals surface area contributed by atoms with Crippen molar-refractivity contribution >= 4 is 28.7 Å². The van der Waals surface area contributed by atoms with Gasteiger partial charge >= 0.3 is 6.09 Å². The normalized spacial score (nSPS) is 17.9. The molecule has 2 aliphatic rings. The highest BCUT2D eigenvalue weighted by Gasteiger charge is 2.29. The minimum atomic E-state index is -0.639. The standard InChI is InChI=1S/C24H29N3O4/c25-22(28)21-19-10-5-4-7-17(19)11-12-20(21)31-24(30)27-14-6-13-26(15-16-27)23(29)18-8-2-1-3-9-18/h4-5,7,10-12,18H,1-3,6,8-9,13-16H2,(H2,25,28). The highest BCUT2D eigenvalue weighted by molar-refractivity contribution is 6.09. The van der Waals surface area contributed by atoms with Crippen LogP contribution < -0.4 is 10.5 Å². The first-order valence-electron chi connectivity index (χ1n) is 11.1. The zero-order chi connectivity index (χ0) is 21.8. The molecule has 1 saturated heterocycles. The Balaban J connectivity index is 1.44. The average Bonchev–Trinajstić information content (AvgIpc) is 3.05. The Hall–Kier alpha value is -3.09. The van der Waals surface area contributed by atoms with Crippen LogP contribution in [0.1, 0.15) is 48.9 Å². The van der Waals surface area contributed by atoms with Crippen LogP contribution in [-0.4, -0.2) is 53.9 Å². The number of benzene rings is 2. The Bertz CT molecular complexity index is 984. The fourth-order valence-corrected chi connectivity index (χ4v) is 4.68. The second-order valence-corrected chi connectivity index (χ2v) is 8.39. The van der Waals surface area contributed by atoms with Crippen LogP contribution in [0.3, 0.4) is 0 Å². The van der Waals surface area contributed by atoms with Gasteiger partial charge in [0.1, 0.15) is 5.75 Å². The van der Waals surface area contributed by atoms with E-state index >= 15 is 0 Å². The SMILES string of the molecule is NC(=O)c1c(OC(=O)N2CCCN(C(=O)C3CCCCC3)CC2)ccc2ccccc12. The Kier molecular flexibility index (Phi) is 6.39. The van der Waals surface area contributed by atoms with Crippen LogP contribution in [-0.2, 0) is 4.79 Å². The van der Waals surface area contributed by atoms with Gasteiger partial charge in [0.2, 0.25) is 5.91 Å². The second kappa shape index (κ2) is 9.37. The number of nitrogens with two attached hydrogens (primary N) is 1. The Morgan fingerprint density at radius 3 is 2.32 bits per heavy atom. The lowest BCUT2D eigenvalue weighted by atomic mass is 9.88. The molecule has 0 radical (unpaired) electrons. The number of carbonyl (C=O) groups is 3. The van der Waals surface area contributed by atoms with Gasteiger partial charge in [-0.2, -0.15) is 0 Å². The second-order valence-electron chi connectivity index (χ2n) is 8.39. The number of carbonyl (C=O) groups excluding carboxylic acids is 3. The van der Waals surface area contributed by atoms with Crippen molar-refractivity contribution < 1.29 is 19.1 Å². The molecular weight excluding hydrogens is 394 g/mol. The molecule has 0 spiro atoms. The molecule has 1 aliphatic carbocycles. The van der Waals surface area contributed by atoms with Gasteiger partial charge in [0.25, 0.3) is 5.91 Å². The molecule has 7 heteroatoms. The third-order valence-electron chi connectivity index (χ3n) is 6.35. The van der Waals surface area contributed by atoms with Gasteiger partial charge in [-0.25, -0.2) is 4.79 Å². The summed E-state index contributed by atoms with van der Waals surface area (Å²) in [6.07, 6.45) is 5.58. The summed E-state index contributed by atoms with van der Waals surface area (Å²) < 4.78 is 5.60. The molecule has 3 amide bonds. The largest absolute Gasteiger partial charge is 0.415 e. The van der Waals surface area contributed by atoms with E-state index in [-0.39, 0.29) is 23.1 Å². The summed E-state index contributed by atoms with van der Waals surface area (Å²) in [5, 5.41) is 1.50. The first-order valence-corrected chi connectivity index (χ1v) is 11.1. The van der Waals surface area contributed by atoms with Crippen molar-refractivity contribution in [2.75, 3.05) is 26.2 Å². The van der Waals surface area contributed by atoms with E-state index in [9.17, 15) is 14.4 Å². The Morgan fingerprint density at radius 1 is 0.839 bits per heavy atom. The van der Waals surface area contributed by atoms with Crippen LogP contribution in [0, 0.1) is 5.92 Å². The van der Waals surface area contributed by atoms with E-state index in [1.807, 2.05) is 23.1 Å². The van der Waals surface area contributed by atoms with Gasteiger partial charge in [-0.05, 0) is 36.1 Å². The Morgan fingerprint density at radius 2 is 1.55 bits per heavy atom. The number of nitrogens with zero attached hydrogens (tertiary/aromatic N) is 2. The molecule has 31 heavy (non-hydrogen) atoms. The number of primary amides is 1. The number of fused-ring (bicyclic) bond motifs is 1. The molecule has 164 valence electrons. The van der Waals surface area contributed by atoms with Crippen molar-refractivity contribution in [3.8, 4) is 5.75 Å². The van der Waals surface area contributed by atoms with Crippen molar-refractivity contribution in [2.45, 2.75) is 38.5 Å². The lowest BCUT2D eigenvalue weighted by molar-refractivity contribution is -0.136. The Labute approximate surface area is 182 Å². The van der Waals surface area contributed by atoms with E-state index in [1.165, 1.54) is 6.42 Å². The zero-order valence-corrected chi connectivity index (χ0v) is 17.7. The number of amides is 3. The molecule has 7 nitrogen and oxygen atoms in total. The summed E-state index contributed by atoms with van der Waals surface area (Å²) in [5.74, 6) is -0.126. The van der Waals surface area contributed by atoms with Gasteiger partial charge in [-0.1, -0.05) is 49.6 Å². The molecule has 2 fully saturated rings. The highest BCUT2D eigenvalue weighted by atomic mass is 16.6. The van der Waals surface area contributed by atoms with Crippen LogP contribution in [0.5, 0.6) is 5.75 Å². The number of hydrogen-bond donors (Lipinski definition) is 1. The van der Waals surface area contributed by atoms with E-state index < -0.39 is 12.0 Å². The summed E-state index contributed by atoms with van der Waals surface area (Å²) in [6.45, 7) is 2.08. The zero-order valence-electron chi connectivity index (χ0n) is 17.7. The smallest absolute Gasteiger partial charge is 0.409 e. The minimum absolute atomic E-state index is 0.128. The van der Waals surface area contributed by atoms with E-state index in [0.717, 1.165) is 31.1 Å². The van der Waals surface area contributed by atoms with Crippen LogP contribution in [0.4, 0.5) is 4.79 Å². The maximum atomic E-state index is 12.9. The first-order chi connectivity index (χ1) is 15.0. The first kappa shape index (κ1) is 21.2. The third kappa shape index (κ3) is 4.65. The molecule has 2 aromatic carbocycles. The van der Waals surface area contributed by atoms with Crippen molar-refractivity contribution in [3.63, 3.8) is 0 Å². The fraction of sp³-hybridized carbons (Fsp3) is 0.458. The lowest BCUT2D eigenvalue weighted by Crippen LogP contribution is -2.41. The average molecular weight is 424 g/mol. The third-order valence-corrected chi connectivity index (χ3v) is 6.35. The molecule has 0 aromatic heterocycles. The molecule has 1 aliphatic heterocycles. The summed E-state index contributed by atoms with van der Waals surface area (Å²) in [6, 6.07) is 10.8. The van der Waals surface area contributed by atoms with Gasteiger partial charge < -0.3 is 20.3 Å². The fourth-order valence-electron chi connectivity index (χ4n) is 4.68. The molecule has 4 rings (SSSR count). The van der Waals surface area contributed by atoms with Gasteiger partial charge in [0, 0.05) is 32.1 Å². The molecule has 1 heterocycles. The van der Waals surface area contributed by atoms with Crippen LogP contribution in [0.2, 0.25) is 0 Å². The van der Waals surface area contributed by atoms with E-state index in [2.05, 4.69) is 0 Å². The van der Waals surface area contributed by atoms with Crippen molar-refractivity contribution in [1.29, 1.82) is 0 Å². The summed E-state index contributed by atoms with van der Waals surface area (Å²) in [4.78, 5) is 41.3. The van der Waals surface area contributed by atoms with Gasteiger partial charge in [-0.3, -0.25) is 9.59 Å². The minimum Gasteiger partial charge on any atom is -0.409 e. The van der Waals surface area contributed by atoms with Crippen LogP contribution in [0.25, 0.3) is 10.8 Å². The molecule has 0 bridgehead atoms. The monoisotopic (exact) mass is 423 g/mol. The van der Waals surface area contributed by atoms with Crippen LogP contribution >= 0.6 is 0 Å². The molecular formula is C24H29N3O4. The highest BCUT2D eigenvalue weighted by Crippen LogP contribution is 2.29. The van der Waals surface area contributed by atoms with E-state index in [1.54, 1.807) is 23.1 Å². The number of rotatable bonds is 3. The lowest BCUT2D eigenvalue weighted by Gasteiger charge is -2.28. The van der Waals surface area contributed by atoms with Crippen molar-refractivity contribution in [1.82, 2.24) is 9.80 Å². The van der Waals surface area contributed by atoms with Gasteiger partial charge in [0.15, 0.2) is 0 Å². The van der Waals surface area contributed by atoms with Crippen molar-refractivity contribution in [2.24, 2.45) is 11.7 Å². The maximum absolute atomic E-state index is 12.9. The van der Waals surface area contributed by atoms with Gasteiger partial charge in [0.05, 0.1) is 5.56 Å². The number of hydrogen-bond acceptors (Lipinski definition) is 4. The quantitative estimate of drug-likeness (QED) is 0.817. The predicted molar refractivity (Wildman–Crippen MR) is 118 cm³/mol. The topological polar surface area (TPSA) is 92.9 Å².